The number of hydrogen-bond acceptors (Lipinski definition) is 4. The van der Waals surface area contributed by atoms with Crippen molar-refractivity contribution in [3.8, 4) is 5.75 Å². The lowest BCUT2D eigenvalue weighted by atomic mass is 10.1. The molecule has 1 heterocycles. The lowest BCUT2D eigenvalue weighted by Gasteiger charge is -2.05. The molecule has 0 fully saturated rings. The van der Waals surface area contributed by atoms with Crippen molar-refractivity contribution in [2.45, 2.75) is 0 Å². The summed E-state index contributed by atoms with van der Waals surface area (Å²) >= 11 is 0. The monoisotopic (exact) mass is 232 g/mol. The van der Waals surface area contributed by atoms with Crippen LogP contribution >= 0.6 is 0 Å². The van der Waals surface area contributed by atoms with Crippen LogP contribution < -0.4 is 11.1 Å². The van der Waals surface area contributed by atoms with E-state index in [1.54, 1.807) is 24.0 Å². The molecule has 1 aromatic heterocycles. The number of aromatic hydroxyl groups is 1. The summed E-state index contributed by atoms with van der Waals surface area (Å²) in [5, 5.41) is 15.9. The maximum atomic E-state index is 11.8. The van der Waals surface area contributed by atoms with E-state index in [1.807, 2.05) is 0 Å². The predicted octanol–water partition coefficient (Wildman–Crippen LogP) is 0.960. The molecule has 0 unspecified atom stereocenters. The molecule has 0 aliphatic rings. The minimum absolute atomic E-state index is 0.00892. The average molecular weight is 232 g/mol. The van der Waals surface area contributed by atoms with Gasteiger partial charge in [0.05, 0.1) is 5.56 Å². The van der Waals surface area contributed by atoms with Crippen LogP contribution in [0.15, 0.2) is 30.5 Å². The second-order valence-electron chi connectivity index (χ2n) is 3.60. The minimum atomic E-state index is -0.405. The summed E-state index contributed by atoms with van der Waals surface area (Å²) in [5.74, 6) is 0.0164. The number of rotatable bonds is 2. The van der Waals surface area contributed by atoms with E-state index < -0.39 is 5.91 Å². The molecule has 0 bridgehead atoms. The SMILES string of the molecule is Cn1ccc(NC(=O)c2cc(O)ccc2N)n1. The molecule has 1 aromatic carbocycles. The highest BCUT2D eigenvalue weighted by Gasteiger charge is 2.11. The van der Waals surface area contributed by atoms with E-state index in [9.17, 15) is 9.90 Å². The zero-order valence-corrected chi connectivity index (χ0v) is 9.21. The van der Waals surface area contributed by atoms with E-state index in [4.69, 9.17) is 5.73 Å². The Kier molecular flexibility index (Phi) is 2.70. The molecule has 4 N–H and O–H groups in total. The fourth-order valence-corrected chi connectivity index (χ4v) is 1.41. The molecule has 2 rings (SSSR count). The maximum Gasteiger partial charge on any atom is 0.259 e. The first-order valence-electron chi connectivity index (χ1n) is 4.96. The number of hydrogen-bond donors (Lipinski definition) is 3. The fourth-order valence-electron chi connectivity index (χ4n) is 1.41. The first-order valence-corrected chi connectivity index (χ1v) is 4.96. The number of nitrogens with one attached hydrogen (secondary N) is 1. The molecule has 88 valence electrons. The van der Waals surface area contributed by atoms with Crippen molar-refractivity contribution in [3.63, 3.8) is 0 Å². The van der Waals surface area contributed by atoms with Crippen LogP contribution in [-0.2, 0) is 7.05 Å². The molecule has 2 aromatic rings. The zero-order valence-electron chi connectivity index (χ0n) is 9.21. The Hall–Kier alpha value is -2.50. The van der Waals surface area contributed by atoms with Crippen molar-refractivity contribution in [1.29, 1.82) is 0 Å². The number of aryl methyl sites for hydroxylation is 1. The van der Waals surface area contributed by atoms with Crippen LogP contribution in [-0.4, -0.2) is 20.8 Å². The Morgan fingerprint density at radius 3 is 2.88 bits per heavy atom. The van der Waals surface area contributed by atoms with E-state index >= 15 is 0 Å². The third-order valence-corrected chi connectivity index (χ3v) is 2.24. The van der Waals surface area contributed by atoms with E-state index in [1.165, 1.54) is 18.2 Å². The van der Waals surface area contributed by atoms with Gasteiger partial charge in [0.2, 0.25) is 0 Å². The first kappa shape index (κ1) is 11.0. The van der Waals surface area contributed by atoms with Crippen molar-refractivity contribution >= 4 is 17.4 Å². The number of nitrogens with two attached hydrogens (primary N) is 1. The highest BCUT2D eigenvalue weighted by atomic mass is 16.3. The Morgan fingerprint density at radius 1 is 1.47 bits per heavy atom. The Bertz CT molecular complexity index is 562. The average Bonchev–Trinajstić information content (AvgIpc) is 2.67. The van der Waals surface area contributed by atoms with Gasteiger partial charge in [0.1, 0.15) is 5.75 Å². The van der Waals surface area contributed by atoms with Crippen molar-refractivity contribution in [1.82, 2.24) is 9.78 Å². The summed E-state index contributed by atoms with van der Waals surface area (Å²) in [6, 6.07) is 5.88. The lowest BCUT2D eigenvalue weighted by Crippen LogP contribution is -2.14. The van der Waals surface area contributed by atoms with Gasteiger partial charge in [-0.3, -0.25) is 9.48 Å². The van der Waals surface area contributed by atoms with Crippen molar-refractivity contribution < 1.29 is 9.90 Å². The summed E-state index contributed by atoms with van der Waals surface area (Å²) in [7, 11) is 1.75. The number of nitrogen functional groups attached to an aromatic ring is 1. The fraction of sp³-hybridized carbons (Fsp3) is 0.0909. The molecular weight excluding hydrogens is 220 g/mol. The molecule has 17 heavy (non-hydrogen) atoms. The van der Waals surface area contributed by atoms with Gasteiger partial charge in [-0.05, 0) is 18.2 Å². The van der Waals surface area contributed by atoms with Crippen LogP contribution in [0.25, 0.3) is 0 Å². The molecule has 0 saturated carbocycles. The van der Waals surface area contributed by atoms with Crippen molar-refractivity contribution in [2.24, 2.45) is 7.05 Å². The van der Waals surface area contributed by atoms with Gasteiger partial charge in [-0.1, -0.05) is 0 Å². The molecule has 6 nitrogen and oxygen atoms in total. The van der Waals surface area contributed by atoms with Gasteiger partial charge >= 0.3 is 0 Å². The van der Waals surface area contributed by atoms with Crippen molar-refractivity contribution in [3.05, 3.63) is 36.0 Å². The Balaban J connectivity index is 2.22. The van der Waals surface area contributed by atoms with E-state index in [0.717, 1.165) is 0 Å². The summed E-state index contributed by atoms with van der Waals surface area (Å²) in [4.78, 5) is 11.8. The molecule has 6 heteroatoms. The van der Waals surface area contributed by atoms with Gasteiger partial charge in [-0.25, -0.2) is 0 Å². The van der Waals surface area contributed by atoms with Crippen molar-refractivity contribution in [2.75, 3.05) is 11.1 Å². The predicted molar refractivity (Wildman–Crippen MR) is 63.7 cm³/mol. The van der Waals surface area contributed by atoms with E-state index in [0.29, 0.717) is 11.5 Å². The van der Waals surface area contributed by atoms with Crippen LogP contribution in [0, 0.1) is 0 Å². The third-order valence-electron chi connectivity index (χ3n) is 2.24. The number of carbonyl (C=O) groups is 1. The second kappa shape index (κ2) is 4.17. The summed E-state index contributed by atoms with van der Waals surface area (Å²) in [6.07, 6.45) is 1.71. The van der Waals surface area contributed by atoms with Crippen LogP contribution in [0.4, 0.5) is 11.5 Å². The van der Waals surface area contributed by atoms with E-state index in [2.05, 4.69) is 10.4 Å². The van der Waals surface area contributed by atoms with E-state index in [-0.39, 0.29) is 11.3 Å². The van der Waals surface area contributed by atoms with Gasteiger partial charge in [0, 0.05) is 25.0 Å². The Labute approximate surface area is 97.7 Å². The highest BCUT2D eigenvalue weighted by molar-refractivity contribution is 6.07. The lowest BCUT2D eigenvalue weighted by molar-refractivity contribution is 0.102. The number of phenols is 1. The van der Waals surface area contributed by atoms with Crippen LogP contribution in [0.5, 0.6) is 5.75 Å². The van der Waals surface area contributed by atoms with Crippen LogP contribution in [0.1, 0.15) is 10.4 Å². The highest BCUT2D eigenvalue weighted by Crippen LogP contribution is 2.19. The van der Waals surface area contributed by atoms with Crippen LogP contribution in [0.3, 0.4) is 0 Å². The third kappa shape index (κ3) is 2.36. The molecule has 0 radical (unpaired) electrons. The number of aromatic nitrogens is 2. The number of amides is 1. The van der Waals surface area contributed by atoms with Gasteiger partial charge in [-0.2, -0.15) is 5.10 Å². The summed E-state index contributed by atoms with van der Waals surface area (Å²) in [6.45, 7) is 0. The Morgan fingerprint density at radius 2 is 2.24 bits per heavy atom. The summed E-state index contributed by atoms with van der Waals surface area (Å²) < 4.78 is 1.57. The molecular formula is C11H12N4O2. The largest absolute Gasteiger partial charge is 0.508 e. The molecule has 0 spiro atoms. The molecule has 0 saturated heterocycles. The van der Waals surface area contributed by atoms with Gasteiger partial charge < -0.3 is 16.2 Å². The molecule has 0 aliphatic heterocycles. The number of phenolic OH excluding ortho intramolecular Hbond substituents is 1. The number of benzene rings is 1. The summed E-state index contributed by atoms with van der Waals surface area (Å²) in [5.41, 5.74) is 6.17. The smallest absolute Gasteiger partial charge is 0.259 e. The van der Waals surface area contributed by atoms with Crippen LogP contribution in [0.2, 0.25) is 0 Å². The molecule has 0 atom stereocenters. The number of nitrogens with zero attached hydrogens (tertiary/aromatic N) is 2. The zero-order chi connectivity index (χ0) is 12.4. The molecule has 0 aliphatic carbocycles. The molecule has 1 amide bonds. The number of anilines is 2. The van der Waals surface area contributed by atoms with Gasteiger partial charge in [0.25, 0.3) is 5.91 Å². The standard InChI is InChI=1S/C11H12N4O2/c1-15-5-4-10(14-15)13-11(17)8-6-7(16)2-3-9(8)12/h2-6,16H,12H2,1H3,(H,13,14,17). The normalized spacial score (nSPS) is 10.2. The first-order chi connectivity index (χ1) is 8.06. The minimum Gasteiger partial charge on any atom is -0.508 e. The topological polar surface area (TPSA) is 93.2 Å². The van der Waals surface area contributed by atoms with Gasteiger partial charge in [0.15, 0.2) is 5.82 Å². The maximum absolute atomic E-state index is 11.8. The second-order valence-corrected chi connectivity index (χ2v) is 3.60. The number of carbonyl (C=O) groups excluding carboxylic acids is 1. The van der Waals surface area contributed by atoms with Gasteiger partial charge in [-0.15, -0.1) is 0 Å². The quantitative estimate of drug-likeness (QED) is 0.531.